The molecule has 1 fully saturated rings. The summed E-state index contributed by atoms with van der Waals surface area (Å²) in [6, 6.07) is 1.19. The van der Waals surface area contributed by atoms with Gasteiger partial charge in [-0.2, -0.15) is 5.10 Å². The molecule has 2 atom stereocenters. The fraction of sp³-hybridized carbons (Fsp3) is 0.812. The first-order chi connectivity index (χ1) is 9.08. The Morgan fingerprint density at radius 1 is 1.26 bits per heavy atom. The van der Waals surface area contributed by atoms with Gasteiger partial charge in [0, 0.05) is 30.4 Å². The number of fused-ring (bicyclic) bond motifs is 1. The van der Waals surface area contributed by atoms with E-state index >= 15 is 0 Å². The van der Waals surface area contributed by atoms with Gasteiger partial charge in [-0.3, -0.25) is 4.68 Å². The Bertz CT molecular complexity index is 447. The Hall–Kier alpha value is -0.830. The minimum absolute atomic E-state index is 0.443. The third-order valence-corrected chi connectivity index (χ3v) is 5.29. The lowest BCUT2D eigenvalue weighted by molar-refractivity contribution is 0.151. The molecule has 19 heavy (non-hydrogen) atoms. The number of rotatable bonds is 2. The highest BCUT2D eigenvalue weighted by atomic mass is 15.3. The molecule has 2 aliphatic carbocycles. The summed E-state index contributed by atoms with van der Waals surface area (Å²) in [7, 11) is 2.08. The topological polar surface area (TPSA) is 29.9 Å². The molecular formula is C16H27N3. The molecule has 0 spiro atoms. The molecule has 1 N–H and O–H groups in total. The second-order valence-electron chi connectivity index (χ2n) is 7.07. The highest BCUT2D eigenvalue weighted by Crippen LogP contribution is 2.38. The molecule has 3 rings (SSSR count). The lowest BCUT2D eigenvalue weighted by Gasteiger charge is -2.42. The van der Waals surface area contributed by atoms with E-state index in [-0.39, 0.29) is 0 Å². The van der Waals surface area contributed by atoms with Crippen LogP contribution < -0.4 is 5.32 Å². The fourth-order valence-corrected chi connectivity index (χ4v) is 3.93. The van der Waals surface area contributed by atoms with Crippen molar-refractivity contribution in [2.75, 3.05) is 0 Å². The smallest absolute Gasteiger partial charge is 0.0540 e. The number of aromatic nitrogens is 2. The van der Waals surface area contributed by atoms with Crippen molar-refractivity contribution < 1.29 is 0 Å². The van der Waals surface area contributed by atoms with Gasteiger partial charge >= 0.3 is 0 Å². The molecule has 0 saturated heterocycles. The van der Waals surface area contributed by atoms with Gasteiger partial charge in [-0.25, -0.2) is 0 Å². The zero-order valence-electron chi connectivity index (χ0n) is 12.6. The Labute approximate surface area is 116 Å². The summed E-state index contributed by atoms with van der Waals surface area (Å²) in [5.74, 6) is 0. The average Bonchev–Trinajstić information content (AvgIpc) is 2.75. The van der Waals surface area contributed by atoms with Gasteiger partial charge < -0.3 is 5.32 Å². The third kappa shape index (κ3) is 2.45. The second-order valence-corrected chi connectivity index (χ2v) is 7.07. The van der Waals surface area contributed by atoms with Crippen molar-refractivity contribution >= 4 is 0 Å². The average molecular weight is 261 g/mol. The number of aryl methyl sites for hydroxylation is 1. The van der Waals surface area contributed by atoms with Crippen LogP contribution in [-0.4, -0.2) is 15.8 Å². The van der Waals surface area contributed by atoms with E-state index in [1.807, 2.05) is 0 Å². The van der Waals surface area contributed by atoms with Crippen molar-refractivity contribution in [3.05, 3.63) is 17.5 Å². The number of hydrogen-bond acceptors (Lipinski definition) is 2. The van der Waals surface area contributed by atoms with E-state index in [0.29, 0.717) is 17.5 Å². The molecule has 0 aromatic carbocycles. The van der Waals surface area contributed by atoms with E-state index in [2.05, 4.69) is 42.2 Å². The molecule has 3 heteroatoms. The van der Waals surface area contributed by atoms with Crippen LogP contribution in [0.1, 0.15) is 69.7 Å². The summed E-state index contributed by atoms with van der Waals surface area (Å²) in [4.78, 5) is 0. The van der Waals surface area contributed by atoms with Gasteiger partial charge in [-0.15, -0.1) is 0 Å². The van der Waals surface area contributed by atoms with Crippen molar-refractivity contribution in [2.45, 2.75) is 70.9 Å². The van der Waals surface area contributed by atoms with Gasteiger partial charge in [0.25, 0.3) is 0 Å². The van der Waals surface area contributed by atoms with Crippen LogP contribution in [0.2, 0.25) is 0 Å². The van der Waals surface area contributed by atoms with Crippen molar-refractivity contribution in [2.24, 2.45) is 12.5 Å². The molecule has 3 nitrogen and oxygen atoms in total. The second kappa shape index (κ2) is 4.93. The van der Waals surface area contributed by atoms with Gasteiger partial charge in [0.1, 0.15) is 0 Å². The first-order valence-corrected chi connectivity index (χ1v) is 7.85. The van der Waals surface area contributed by atoms with Crippen LogP contribution in [0.3, 0.4) is 0 Å². The first kappa shape index (κ1) is 13.2. The van der Waals surface area contributed by atoms with E-state index in [1.165, 1.54) is 56.2 Å². The molecule has 0 aliphatic heterocycles. The van der Waals surface area contributed by atoms with E-state index in [9.17, 15) is 0 Å². The van der Waals surface area contributed by atoms with E-state index in [0.717, 1.165) is 0 Å². The molecular weight excluding hydrogens is 234 g/mol. The van der Waals surface area contributed by atoms with Gasteiger partial charge in [0.15, 0.2) is 0 Å². The predicted molar refractivity (Wildman–Crippen MR) is 78.1 cm³/mol. The normalized spacial score (nSPS) is 30.1. The van der Waals surface area contributed by atoms with Crippen molar-refractivity contribution in [3.8, 4) is 0 Å². The molecule has 1 aromatic rings. The first-order valence-electron chi connectivity index (χ1n) is 7.85. The SMILES string of the molecule is Cn1ncc2c1CCCC2NC1CCCCC1(C)C. The molecule has 1 saturated carbocycles. The molecule has 2 aliphatic rings. The van der Waals surface area contributed by atoms with Crippen LogP contribution in [-0.2, 0) is 13.5 Å². The summed E-state index contributed by atoms with van der Waals surface area (Å²) >= 11 is 0. The maximum atomic E-state index is 4.45. The van der Waals surface area contributed by atoms with E-state index in [1.54, 1.807) is 0 Å². The quantitative estimate of drug-likeness (QED) is 0.884. The zero-order valence-corrected chi connectivity index (χ0v) is 12.6. The van der Waals surface area contributed by atoms with Crippen LogP contribution in [0.25, 0.3) is 0 Å². The molecule has 0 amide bonds. The van der Waals surface area contributed by atoms with Gasteiger partial charge in [-0.05, 0) is 37.5 Å². The number of hydrogen-bond donors (Lipinski definition) is 1. The minimum Gasteiger partial charge on any atom is -0.307 e. The summed E-state index contributed by atoms with van der Waals surface area (Å²) < 4.78 is 2.06. The largest absolute Gasteiger partial charge is 0.307 e. The minimum atomic E-state index is 0.443. The fourth-order valence-electron chi connectivity index (χ4n) is 3.93. The molecule has 1 aromatic heterocycles. The summed E-state index contributed by atoms with van der Waals surface area (Å²) in [6.07, 6.45) is 11.3. The molecule has 0 bridgehead atoms. The van der Waals surface area contributed by atoms with Crippen molar-refractivity contribution in [1.82, 2.24) is 15.1 Å². The van der Waals surface area contributed by atoms with Gasteiger partial charge in [-0.1, -0.05) is 26.7 Å². The maximum absolute atomic E-state index is 4.45. The Morgan fingerprint density at radius 2 is 2.11 bits per heavy atom. The van der Waals surface area contributed by atoms with Gasteiger partial charge in [0.2, 0.25) is 0 Å². The molecule has 106 valence electrons. The number of nitrogens with zero attached hydrogens (tertiary/aromatic N) is 2. The van der Waals surface area contributed by atoms with Crippen LogP contribution in [0.15, 0.2) is 6.20 Å². The zero-order chi connectivity index (χ0) is 13.5. The monoisotopic (exact) mass is 261 g/mol. The van der Waals surface area contributed by atoms with Crippen LogP contribution >= 0.6 is 0 Å². The Morgan fingerprint density at radius 3 is 2.89 bits per heavy atom. The summed E-state index contributed by atoms with van der Waals surface area (Å²) in [5.41, 5.74) is 3.34. The van der Waals surface area contributed by atoms with Crippen LogP contribution in [0.5, 0.6) is 0 Å². The van der Waals surface area contributed by atoms with Gasteiger partial charge in [0.05, 0.1) is 6.20 Å². The summed E-state index contributed by atoms with van der Waals surface area (Å²) in [6.45, 7) is 4.85. The maximum Gasteiger partial charge on any atom is 0.0540 e. The molecule has 1 heterocycles. The van der Waals surface area contributed by atoms with Crippen LogP contribution in [0.4, 0.5) is 0 Å². The Balaban J connectivity index is 1.77. The standard InChI is InChI=1S/C16H27N3/c1-16(2)10-5-4-9-15(16)18-13-7-6-8-14-12(13)11-17-19(14)3/h11,13,15,18H,4-10H2,1-3H3. The highest BCUT2D eigenvalue weighted by molar-refractivity contribution is 5.25. The lowest BCUT2D eigenvalue weighted by atomic mass is 9.72. The number of nitrogens with one attached hydrogen (secondary N) is 1. The predicted octanol–water partition coefficient (Wildman–Crippen LogP) is 3.36. The van der Waals surface area contributed by atoms with E-state index in [4.69, 9.17) is 0 Å². The summed E-state index contributed by atoms with van der Waals surface area (Å²) in [5, 5.41) is 8.42. The third-order valence-electron chi connectivity index (χ3n) is 5.29. The lowest BCUT2D eigenvalue weighted by Crippen LogP contribution is -2.46. The molecule has 0 radical (unpaired) electrons. The Kier molecular flexibility index (Phi) is 3.42. The van der Waals surface area contributed by atoms with Crippen molar-refractivity contribution in [3.63, 3.8) is 0 Å². The van der Waals surface area contributed by atoms with Crippen molar-refractivity contribution in [1.29, 1.82) is 0 Å². The molecule has 2 unspecified atom stereocenters. The van der Waals surface area contributed by atoms with E-state index < -0.39 is 0 Å². The van der Waals surface area contributed by atoms with Crippen LogP contribution in [0, 0.1) is 5.41 Å². The highest BCUT2D eigenvalue weighted by Gasteiger charge is 2.35.